The number of nitrogens with zero attached hydrogens (tertiary/aromatic N) is 2. The molecule has 1 unspecified atom stereocenters. The van der Waals surface area contributed by atoms with E-state index in [1.54, 1.807) is 44.2 Å². The molecule has 2 aromatic carbocycles. The summed E-state index contributed by atoms with van der Waals surface area (Å²) in [7, 11) is -3.82. The van der Waals surface area contributed by atoms with Crippen LogP contribution in [0.25, 0.3) is 0 Å². The van der Waals surface area contributed by atoms with Crippen molar-refractivity contribution in [3.63, 3.8) is 0 Å². The first-order valence-corrected chi connectivity index (χ1v) is 14.2. The zero-order valence-corrected chi connectivity index (χ0v) is 24.2. The smallest absolute Gasteiger partial charge is 0.244 e. The zero-order valence-electron chi connectivity index (χ0n) is 21.9. The van der Waals surface area contributed by atoms with Gasteiger partial charge in [-0.1, -0.05) is 48.3 Å². The van der Waals surface area contributed by atoms with Crippen LogP contribution < -0.4 is 9.62 Å². The third-order valence-electron chi connectivity index (χ3n) is 5.59. The minimum absolute atomic E-state index is 0.0577. The van der Waals surface area contributed by atoms with Gasteiger partial charge in [-0.2, -0.15) is 0 Å². The fraction of sp³-hybridized carbons (Fsp3) is 0.462. The van der Waals surface area contributed by atoms with E-state index < -0.39 is 34.1 Å². The number of carbonyl (C=O) groups excluding carboxylic acids is 2. The molecule has 0 heterocycles. The third-order valence-corrected chi connectivity index (χ3v) is 7.42. The summed E-state index contributed by atoms with van der Waals surface area (Å²) in [6.07, 6.45) is 1.36. The van der Waals surface area contributed by atoms with Gasteiger partial charge in [-0.3, -0.25) is 13.9 Å². The third kappa shape index (κ3) is 7.85. The molecule has 0 radical (unpaired) electrons. The minimum atomic E-state index is -3.82. The molecule has 10 heteroatoms. The standard InChI is InChI=1S/C26H35Cl2N3O4S/c1-8-22(25(33)29-26(4,5)6)30(15-19-20(27)10-9-11-21(19)28)24(32)16-31(36(7,34)35)23-14-17(2)12-13-18(23)3/h9-14,22H,8,15-16H2,1-7H3,(H,29,33). The highest BCUT2D eigenvalue weighted by Crippen LogP contribution is 2.28. The lowest BCUT2D eigenvalue weighted by Gasteiger charge is -2.35. The van der Waals surface area contributed by atoms with E-state index in [4.69, 9.17) is 23.2 Å². The summed E-state index contributed by atoms with van der Waals surface area (Å²) in [5.41, 5.74) is 1.92. The molecule has 0 aliphatic heterocycles. The summed E-state index contributed by atoms with van der Waals surface area (Å²) in [5, 5.41) is 3.62. The highest BCUT2D eigenvalue weighted by molar-refractivity contribution is 7.92. The van der Waals surface area contributed by atoms with E-state index in [1.165, 1.54) is 4.90 Å². The second kappa shape index (κ2) is 11.8. The van der Waals surface area contributed by atoms with Gasteiger partial charge in [0.05, 0.1) is 11.9 Å². The molecule has 0 spiro atoms. The molecule has 36 heavy (non-hydrogen) atoms. The van der Waals surface area contributed by atoms with E-state index in [0.717, 1.165) is 16.1 Å². The Morgan fingerprint density at radius 3 is 2.14 bits per heavy atom. The van der Waals surface area contributed by atoms with E-state index in [-0.39, 0.29) is 12.5 Å². The van der Waals surface area contributed by atoms with Crippen LogP contribution >= 0.6 is 23.2 Å². The molecule has 0 aliphatic rings. The zero-order chi connectivity index (χ0) is 27.4. The highest BCUT2D eigenvalue weighted by atomic mass is 35.5. The molecular formula is C26H35Cl2N3O4S. The number of rotatable bonds is 9. The number of aryl methyl sites for hydroxylation is 2. The van der Waals surface area contributed by atoms with Crippen LogP contribution in [0.4, 0.5) is 5.69 Å². The fourth-order valence-corrected chi connectivity index (χ4v) is 5.22. The van der Waals surface area contributed by atoms with Gasteiger partial charge in [-0.05, 0) is 70.4 Å². The Hall–Kier alpha value is -2.29. The van der Waals surface area contributed by atoms with Crippen molar-refractivity contribution in [2.75, 3.05) is 17.1 Å². The molecule has 0 aromatic heterocycles. The first-order chi connectivity index (χ1) is 16.5. The van der Waals surface area contributed by atoms with E-state index in [0.29, 0.717) is 33.3 Å². The predicted molar refractivity (Wildman–Crippen MR) is 147 cm³/mol. The van der Waals surface area contributed by atoms with E-state index in [1.807, 2.05) is 33.8 Å². The Morgan fingerprint density at radius 2 is 1.64 bits per heavy atom. The van der Waals surface area contributed by atoms with Gasteiger partial charge < -0.3 is 10.2 Å². The Balaban J connectivity index is 2.57. The Morgan fingerprint density at radius 1 is 1.06 bits per heavy atom. The molecule has 198 valence electrons. The van der Waals surface area contributed by atoms with Gasteiger partial charge in [0, 0.05) is 27.7 Å². The summed E-state index contributed by atoms with van der Waals surface area (Å²) in [6, 6.07) is 9.53. The molecule has 2 rings (SSSR count). The van der Waals surface area contributed by atoms with Crippen molar-refractivity contribution in [3.05, 3.63) is 63.1 Å². The van der Waals surface area contributed by atoms with Crippen LogP contribution in [0.15, 0.2) is 36.4 Å². The average Bonchev–Trinajstić information content (AvgIpc) is 2.73. The maximum Gasteiger partial charge on any atom is 0.244 e. The lowest BCUT2D eigenvalue weighted by molar-refractivity contribution is -0.141. The first kappa shape index (κ1) is 29.9. The molecule has 0 saturated heterocycles. The fourth-order valence-electron chi connectivity index (χ4n) is 3.81. The van der Waals surface area contributed by atoms with E-state index in [2.05, 4.69) is 5.32 Å². The van der Waals surface area contributed by atoms with Crippen LogP contribution in [-0.2, 0) is 26.2 Å². The van der Waals surface area contributed by atoms with Gasteiger partial charge in [0.1, 0.15) is 12.6 Å². The molecule has 0 aliphatic carbocycles. The molecule has 1 N–H and O–H groups in total. The summed E-state index contributed by atoms with van der Waals surface area (Å²) < 4.78 is 26.7. The second-order valence-electron chi connectivity index (χ2n) is 9.94. The van der Waals surface area contributed by atoms with Crippen LogP contribution in [-0.4, -0.2) is 49.5 Å². The van der Waals surface area contributed by atoms with Crippen molar-refractivity contribution in [1.29, 1.82) is 0 Å². The summed E-state index contributed by atoms with van der Waals surface area (Å²) in [5.74, 6) is -0.896. The summed E-state index contributed by atoms with van der Waals surface area (Å²) in [4.78, 5) is 28.4. The van der Waals surface area contributed by atoms with Gasteiger partial charge in [-0.15, -0.1) is 0 Å². The molecule has 1 atom stereocenters. The normalized spacial score (nSPS) is 12.7. The molecule has 0 bridgehead atoms. The van der Waals surface area contributed by atoms with Crippen molar-refractivity contribution < 1.29 is 18.0 Å². The Labute approximate surface area is 224 Å². The molecule has 2 amide bonds. The largest absolute Gasteiger partial charge is 0.350 e. The topological polar surface area (TPSA) is 86.8 Å². The molecule has 2 aromatic rings. The quantitative estimate of drug-likeness (QED) is 0.466. The van der Waals surface area contributed by atoms with Crippen molar-refractivity contribution in [2.24, 2.45) is 0 Å². The number of anilines is 1. The number of hydrogen-bond acceptors (Lipinski definition) is 4. The van der Waals surface area contributed by atoms with E-state index >= 15 is 0 Å². The van der Waals surface area contributed by atoms with Gasteiger partial charge in [0.2, 0.25) is 21.8 Å². The Bertz CT molecular complexity index is 1210. The number of halogens is 2. The molecule has 7 nitrogen and oxygen atoms in total. The maximum atomic E-state index is 13.8. The summed E-state index contributed by atoms with van der Waals surface area (Å²) >= 11 is 12.8. The maximum absolute atomic E-state index is 13.8. The van der Waals surface area contributed by atoms with Crippen molar-refractivity contribution >= 4 is 50.7 Å². The first-order valence-electron chi connectivity index (χ1n) is 11.6. The lowest BCUT2D eigenvalue weighted by atomic mass is 10.1. The number of sulfonamides is 1. The Kier molecular flexibility index (Phi) is 9.84. The number of amides is 2. The van der Waals surface area contributed by atoms with Gasteiger partial charge in [0.25, 0.3) is 0 Å². The summed E-state index contributed by atoms with van der Waals surface area (Å²) in [6.45, 7) is 10.4. The van der Waals surface area contributed by atoms with Gasteiger partial charge in [-0.25, -0.2) is 8.42 Å². The monoisotopic (exact) mass is 555 g/mol. The minimum Gasteiger partial charge on any atom is -0.350 e. The highest BCUT2D eigenvalue weighted by Gasteiger charge is 2.34. The molecule has 0 fully saturated rings. The van der Waals surface area contributed by atoms with E-state index in [9.17, 15) is 18.0 Å². The molecular weight excluding hydrogens is 521 g/mol. The van der Waals surface area contributed by atoms with Crippen molar-refractivity contribution in [2.45, 2.75) is 66.1 Å². The van der Waals surface area contributed by atoms with Crippen molar-refractivity contribution in [1.82, 2.24) is 10.2 Å². The van der Waals surface area contributed by atoms with Gasteiger partial charge >= 0.3 is 0 Å². The van der Waals surface area contributed by atoms with Crippen LogP contribution in [0, 0.1) is 13.8 Å². The lowest BCUT2D eigenvalue weighted by Crippen LogP contribution is -2.55. The molecule has 0 saturated carbocycles. The predicted octanol–water partition coefficient (Wildman–Crippen LogP) is 5.10. The number of hydrogen-bond donors (Lipinski definition) is 1. The van der Waals surface area contributed by atoms with Crippen LogP contribution in [0.3, 0.4) is 0 Å². The van der Waals surface area contributed by atoms with Crippen LogP contribution in [0.1, 0.15) is 50.8 Å². The van der Waals surface area contributed by atoms with Crippen LogP contribution in [0.2, 0.25) is 10.0 Å². The van der Waals surface area contributed by atoms with Crippen molar-refractivity contribution in [3.8, 4) is 0 Å². The number of benzene rings is 2. The van der Waals surface area contributed by atoms with Gasteiger partial charge in [0.15, 0.2) is 0 Å². The average molecular weight is 557 g/mol. The number of carbonyl (C=O) groups is 2. The SMILES string of the molecule is CCC(C(=O)NC(C)(C)C)N(Cc1c(Cl)cccc1Cl)C(=O)CN(c1cc(C)ccc1C)S(C)(=O)=O. The number of nitrogens with one attached hydrogen (secondary N) is 1. The second-order valence-corrected chi connectivity index (χ2v) is 12.7. The van der Waals surface area contributed by atoms with Crippen LogP contribution in [0.5, 0.6) is 0 Å².